The van der Waals surface area contributed by atoms with Crippen LogP contribution in [0.4, 0.5) is 4.79 Å². The van der Waals surface area contributed by atoms with Crippen LogP contribution < -0.4 is 5.32 Å². The number of rotatable bonds is 14. The fourth-order valence-corrected chi connectivity index (χ4v) is 10.7. The van der Waals surface area contributed by atoms with Gasteiger partial charge in [0.2, 0.25) is 0 Å². The van der Waals surface area contributed by atoms with Crippen molar-refractivity contribution in [3.05, 3.63) is 119 Å². The Morgan fingerprint density at radius 2 is 1.41 bits per heavy atom. The van der Waals surface area contributed by atoms with E-state index in [9.17, 15) is 49.2 Å². The van der Waals surface area contributed by atoms with Gasteiger partial charge in [-0.2, -0.15) is 0 Å². The normalized spacial score (nSPS) is 29.9. The Morgan fingerprint density at radius 3 is 1.97 bits per heavy atom. The summed E-state index contributed by atoms with van der Waals surface area (Å²) in [4.78, 5) is 98.5. The number of nitrogens with one attached hydrogen (secondary N) is 1. The monoisotopic (exact) mass is 971 g/mol. The van der Waals surface area contributed by atoms with E-state index in [0.29, 0.717) is 5.56 Å². The zero-order chi connectivity index (χ0) is 50.9. The number of amides is 1. The minimum atomic E-state index is -2.53. The lowest BCUT2D eigenvalue weighted by molar-refractivity contribution is -0.346. The van der Waals surface area contributed by atoms with Crippen molar-refractivity contribution in [2.24, 2.45) is 16.7 Å². The Balaban J connectivity index is 1.41. The standard InChI is InChI=1S/C51H57NO18/c1-27-34(67-46(61)39(57)38(30-16-10-7-11-17-30)52-44(59)31-18-12-8-13-19-31)23-51(63)43(69-45(60)32-20-14-9-15-21-32)41-49(6,42(58)40(66-28(2)54)37(27)48(51,4)5)35(68-47(62)64-25-33(56)24-53)22-36-50(41,26-65-36)70-29(3)55/h7-21,33-36,38-41,43,53,56-57,63H,22-26H2,1-6H3,(H,52,59)/t33?,34-,35-,36+,38-,39+,40+,41?,43-,49+,50-,51+/m0/s1. The van der Waals surface area contributed by atoms with Crippen LogP contribution in [0.2, 0.25) is 0 Å². The van der Waals surface area contributed by atoms with Crippen LogP contribution in [-0.4, -0.2) is 136 Å². The minimum absolute atomic E-state index is 0.00674. The van der Waals surface area contributed by atoms with E-state index in [0.717, 1.165) is 13.8 Å². The van der Waals surface area contributed by atoms with Gasteiger partial charge in [-0.25, -0.2) is 14.4 Å². The topological polar surface area (TPSA) is 277 Å². The van der Waals surface area contributed by atoms with Crippen LogP contribution in [0.25, 0.3) is 0 Å². The molecule has 3 aromatic rings. The van der Waals surface area contributed by atoms with Crippen molar-refractivity contribution in [3.63, 3.8) is 0 Å². The molecule has 2 unspecified atom stereocenters. The molecular weight excluding hydrogens is 915 g/mol. The fourth-order valence-electron chi connectivity index (χ4n) is 10.7. The highest BCUT2D eigenvalue weighted by molar-refractivity contribution is 5.96. The maximum Gasteiger partial charge on any atom is 0.508 e. The molecule has 5 N–H and O–H groups in total. The van der Waals surface area contributed by atoms with Crippen molar-refractivity contribution >= 4 is 41.7 Å². The van der Waals surface area contributed by atoms with Gasteiger partial charge >= 0.3 is 30.0 Å². The molecule has 0 radical (unpaired) electrons. The fraction of sp³-hybridized carbons (Fsp3) is 0.471. The third kappa shape index (κ3) is 9.31. The van der Waals surface area contributed by atoms with Gasteiger partial charge in [0.1, 0.15) is 42.7 Å². The van der Waals surface area contributed by atoms with Gasteiger partial charge in [-0.3, -0.25) is 19.2 Å². The van der Waals surface area contributed by atoms with Crippen LogP contribution in [0.3, 0.4) is 0 Å². The van der Waals surface area contributed by atoms with Gasteiger partial charge in [0.05, 0.1) is 36.2 Å². The molecule has 19 nitrogen and oxygen atoms in total. The molecule has 70 heavy (non-hydrogen) atoms. The molecule has 0 spiro atoms. The molecule has 3 fully saturated rings. The molecule has 2 saturated carbocycles. The lowest BCUT2D eigenvalue weighted by Crippen LogP contribution is -2.82. The molecule has 0 aromatic heterocycles. The quantitative estimate of drug-likeness (QED) is 0.0881. The Kier molecular flexibility index (Phi) is 14.7. The second-order valence-electron chi connectivity index (χ2n) is 18.8. The summed E-state index contributed by atoms with van der Waals surface area (Å²) in [7, 11) is 0. The highest BCUT2D eigenvalue weighted by atomic mass is 16.7. The van der Waals surface area contributed by atoms with Crippen molar-refractivity contribution in [3.8, 4) is 0 Å². The molecule has 3 aliphatic carbocycles. The van der Waals surface area contributed by atoms with Gasteiger partial charge < -0.3 is 58.9 Å². The van der Waals surface area contributed by atoms with E-state index in [1.807, 2.05) is 0 Å². The molecule has 1 saturated heterocycles. The number of hydrogen-bond donors (Lipinski definition) is 5. The van der Waals surface area contributed by atoms with E-state index in [4.69, 9.17) is 33.2 Å². The number of Topliss-reactive ketones (excluding diaryl/α,β-unsaturated/α-hetero) is 1. The van der Waals surface area contributed by atoms with Crippen molar-refractivity contribution in [2.45, 2.75) is 114 Å². The number of esters is 4. The van der Waals surface area contributed by atoms with Crippen LogP contribution in [0.15, 0.2) is 102 Å². The van der Waals surface area contributed by atoms with Gasteiger partial charge in [0.25, 0.3) is 5.91 Å². The minimum Gasteiger partial charge on any atom is -0.456 e. The first-order chi connectivity index (χ1) is 33.1. The number of aliphatic hydroxyl groups is 4. The Hall–Kier alpha value is -6.51. The maximum absolute atomic E-state index is 16.0. The van der Waals surface area contributed by atoms with Gasteiger partial charge in [0.15, 0.2) is 23.6 Å². The number of carbonyl (C=O) groups is 7. The predicted molar refractivity (Wildman–Crippen MR) is 241 cm³/mol. The number of benzene rings is 3. The second kappa shape index (κ2) is 20.1. The van der Waals surface area contributed by atoms with Crippen molar-refractivity contribution < 1.29 is 87.1 Å². The number of fused-ring (bicyclic) bond motifs is 5. The Bertz CT molecular complexity index is 2520. The van der Waals surface area contributed by atoms with E-state index in [1.54, 1.807) is 78.9 Å². The molecule has 4 aliphatic rings. The summed E-state index contributed by atoms with van der Waals surface area (Å²) < 4.78 is 41.6. The lowest BCUT2D eigenvalue weighted by Gasteiger charge is -2.67. The largest absolute Gasteiger partial charge is 0.508 e. The van der Waals surface area contributed by atoms with E-state index < -0.39 is 145 Å². The van der Waals surface area contributed by atoms with Crippen LogP contribution in [0.1, 0.15) is 86.7 Å². The van der Waals surface area contributed by atoms with Crippen molar-refractivity contribution in [1.82, 2.24) is 5.32 Å². The molecule has 12 atom stereocenters. The van der Waals surface area contributed by atoms with Crippen LogP contribution >= 0.6 is 0 Å². The first kappa shape index (κ1) is 51.3. The van der Waals surface area contributed by atoms with Crippen LogP contribution in [0, 0.1) is 16.7 Å². The summed E-state index contributed by atoms with van der Waals surface area (Å²) in [5.74, 6) is -7.51. The molecule has 2 bridgehead atoms. The average Bonchev–Trinajstić information content (AvgIpc) is 3.33. The molecule has 7 rings (SSSR count). The van der Waals surface area contributed by atoms with Gasteiger partial charge in [-0.05, 0) is 54.8 Å². The third-order valence-electron chi connectivity index (χ3n) is 14.3. The zero-order valence-electron chi connectivity index (χ0n) is 39.4. The highest BCUT2D eigenvalue weighted by Gasteiger charge is 2.79. The first-order valence-electron chi connectivity index (χ1n) is 22.7. The summed E-state index contributed by atoms with van der Waals surface area (Å²) in [6.45, 7) is 6.02. The molecule has 1 aliphatic heterocycles. The first-order valence-corrected chi connectivity index (χ1v) is 22.7. The molecule has 374 valence electrons. The predicted octanol–water partition coefficient (Wildman–Crippen LogP) is 3.25. The van der Waals surface area contributed by atoms with E-state index in [2.05, 4.69) is 5.32 Å². The maximum atomic E-state index is 16.0. The number of aliphatic hydroxyl groups excluding tert-OH is 3. The zero-order valence-corrected chi connectivity index (χ0v) is 39.4. The van der Waals surface area contributed by atoms with Gasteiger partial charge in [-0.1, -0.05) is 80.6 Å². The number of hydrogen-bond acceptors (Lipinski definition) is 18. The molecular formula is C51H57NO18. The van der Waals surface area contributed by atoms with E-state index in [-0.39, 0.29) is 28.7 Å². The Labute approximate surface area is 403 Å². The number of carbonyl (C=O) groups excluding carboxylic acids is 7. The second-order valence-corrected chi connectivity index (χ2v) is 18.8. The number of ketones is 1. The number of ether oxygens (including phenoxy) is 7. The summed E-state index contributed by atoms with van der Waals surface area (Å²) in [5.41, 5.74) is -8.00. The lowest BCUT2D eigenvalue weighted by atomic mass is 9.44. The average molecular weight is 972 g/mol. The van der Waals surface area contributed by atoms with E-state index >= 15 is 4.79 Å². The molecule has 19 heteroatoms. The van der Waals surface area contributed by atoms with Crippen molar-refractivity contribution in [1.29, 1.82) is 0 Å². The van der Waals surface area contributed by atoms with E-state index in [1.165, 1.54) is 39.8 Å². The molecule has 1 heterocycles. The van der Waals surface area contributed by atoms with Gasteiger partial charge in [0, 0.05) is 37.7 Å². The van der Waals surface area contributed by atoms with Crippen LogP contribution in [-0.2, 0) is 52.3 Å². The van der Waals surface area contributed by atoms with Crippen molar-refractivity contribution in [2.75, 3.05) is 19.8 Å². The SMILES string of the molecule is CC(=O)O[C@H]1C(=O)[C@@]2(C)C([C@H](OC(=O)c3ccccc3)[C@]3(O)C[C@H](OC(=O)[C@H](O)[C@@H](NC(=O)c4ccccc4)c4ccccc4)C(C)=C1C3(C)C)[C@]1(OC(C)=O)CO[C@@H]1C[C@@H]2OC(=O)OCC(O)CO. The smallest absolute Gasteiger partial charge is 0.456 e. The summed E-state index contributed by atoms with van der Waals surface area (Å²) >= 11 is 0. The van der Waals surface area contributed by atoms with Crippen LogP contribution in [0.5, 0.6) is 0 Å². The van der Waals surface area contributed by atoms with Gasteiger partial charge in [-0.15, -0.1) is 0 Å². The molecule has 3 aromatic carbocycles. The summed E-state index contributed by atoms with van der Waals surface area (Å²) in [6.07, 6.45) is -14.4. The summed E-state index contributed by atoms with van der Waals surface area (Å²) in [5, 5.41) is 47.8. The summed E-state index contributed by atoms with van der Waals surface area (Å²) in [6, 6.07) is 22.4. The Morgan fingerprint density at radius 1 is 0.814 bits per heavy atom. The highest BCUT2D eigenvalue weighted by Crippen LogP contribution is 2.65. The molecule has 1 amide bonds. The third-order valence-corrected chi connectivity index (χ3v) is 14.3.